The molecule has 1 fully saturated rings. The summed E-state index contributed by atoms with van der Waals surface area (Å²) in [5, 5.41) is 0. The molecule has 3 nitrogen and oxygen atoms in total. The Labute approximate surface area is 119 Å². The summed E-state index contributed by atoms with van der Waals surface area (Å²) in [5.41, 5.74) is 0. The molecule has 0 aromatic heterocycles. The molecule has 1 aliphatic carbocycles. The second-order valence-corrected chi connectivity index (χ2v) is 7.66. The summed E-state index contributed by atoms with van der Waals surface area (Å²) in [6.07, 6.45) is 3.26. The molecule has 0 aliphatic heterocycles. The summed E-state index contributed by atoms with van der Waals surface area (Å²) in [5.74, 6) is -2.22. The maximum atomic E-state index is 13.1. The van der Waals surface area contributed by atoms with Crippen molar-refractivity contribution < 1.29 is 17.2 Å². The molecular formula is C12H14BrF2NO2S. The van der Waals surface area contributed by atoms with E-state index >= 15 is 0 Å². The van der Waals surface area contributed by atoms with E-state index in [0.29, 0.717) is 10.9 Å². The fourth-order valence-corrected chi connectivity index (χ4v) is 3.95. The number of sulfonamides is 1. The van der Waals surface area contributed by atoms with Gasteiger partial charge in [0.05, 0.1) is 4.90 Å². The van der Waals surface area contributed by atoms with Crippen molar-refractivity contribution in [3.8, 4) is 0 Å². The topological polar surface area (TPSA) is 46.2 Å². The molecule has 0 unspecified atom stereocenters. The van der Waals surface area contributed by atoms with Crippen LogP contribution in [-0.4, -0.2) is 19.3 Å². The monoisotopic (exact) mass is 353 g/mol. The zero-order valence-electron chi connectivity index (χ0n) is 10.1. The van der Waals surface area contributed by atoms with E-state index in [4.69, 9.17) is 0 Å². The van der Waals surface area contributed by atoms with Gasteiger partial charge in [0.2, 0.25) is 10.0 Å². The molecular weight excluding hydrogens is 340 g/mol. The van der Waals surface area contributed by atoms with Crippen LogP contribution in [0, 0.1) is 11.6 Å². The second-order valence-electron chi connectivity index (χ2n) is 4.65. The van der Waals surface area contributed by atoms with Crippen LogP contribution in [0.4, 0.5) is 8.78 Å². The predicted molar refractivity (Wildman–Crippen MR) is 71.7 cm³/mol. The standard InChI is InChI=1S/C12H14BrF2NO2S/c13-8-1-3-9(4-2-8)16-19(17,18)10-5-6-11(14)12(15)7-10/h5-9,16H,1-4H2. The molecule has 106 valence electrons. The van der Waals surface area contributed by atoms with Gasteiger partial charge < -0.3 is 0 Å². The van der Waals surface area contributed by atoms with Crippen LogP contribution in [0.15, 0.2) is 23.1 Å². The zero-order valence-corrected chi connectivity index (χ0v) is 12.5. The van der Waals surface area contributed by atoms with Gasteiger partial charge in [0.1, 0.15) is 0 Å². The van der Waals surface area contributed by atoms with Crippen molar-refractivity contribution in [1.82, 2.24) is 4.72 Å². The number of benzene rings is 1. The minimum absolute atomic E-state index is 0.146. The molecule has 0 heterocycles. The van der Waals surface area contributed by atoms with Gasteiger partial charge in [0, 0.05) is 10.9 Å². The summed E-state index contributed by atoms with van der Waals surface area (Å²) in [4.78, 5) is 0.184. The number of nitrogens with one attached hydrogen (secondary N) is 1. The lowest BCUT2D eigenvalue weighted by Gasteiger charge is -2.25. The van der Waals surface area contributed by atoms with E-state index in [1.807, 2.05) is 0 Å². The summed E-state index contributed by atoms with van der Waals surface area (Å²) in [7, 11) is -3.79. The molecule has 1 aromatic rings. The Balaban J connectivity index is 2.11. The molecule has 7 heteroatoms. The summed E-state index contributed by atoms with van der Waals surface area (Å²) in [6, 6.07) is 2.44. The highest BCUT2D eigenvalue weighted by molar-refractivity contribution is 9.09. The van der Waals surface area contributed by atoms with E-state index in [1.165, 1.54) is 0 Å². The lowest BCUT2D eigenvalue weighted by molar-refractivity contribution is 0.422. The summed E-state index contributed by atoms with van der Waals surface area (Å²) >= 11 is 3.49. The Morgan fingerprint density at radius 1 is 1.11 bits per heavy atom. The Kier molecular flexibility index (Phi) is 4.58. The van der Waals surface area contributed by atoms with Gasteiger partial charge in [-0.2, -0.15) is 0 Å². The maximum absolute atomic E-state index is 13.1. The molecule has 0 spiro atoms. The molecule has 0 bridgehead atoms. The first kappa shape index (κ1) is 14.9. The van der Waals surface area contributed by atoms with Crippen LogP contribution in [0.3, 0.4) is 0 Å². The van der Waals surface area contributed by atoms with E-state index in [2.05, 4.69) is 20.7 Å². The van der Waals surface area contributed by atoms with Gasteiger partial charge in [-0.25, -0.2) is 21.9 Å². The molecule has 0 radical (unpaired) electrons. The van der Waals surface area contributed by atoms with Crippen molar-refractivity contribution in [3.05, 3.63) is 29.8 Å². The Bertz CT molecular complexity index is 557. The number of alkyl halides is 1. The van der Waals surface area contributed by atoms with Crippen LogP contribution in [0.1, 0.15) is 25.7 Å². The first-order valence-corrected chi connectivity index (χ1v) is 8.40. The molecule has 1 aliphatic rings. The molecule has 2 rings (SSSR count). The van der Waals surface area contributed by atoms with Crippen LogP contribution in [0.25, 0.3) is 0 Å². The van der Waals surface area contributed by atoms with Crippen LogP contribution in [0.5, 0.6) is 0 Å². The molecule has 1 saturated carbocycles. The minimum Gasteiger partial charge on any atom is -0.208 e. The van der Waals surface area contributed by atoms with Gasteiger partial charge in [0.15, 0.2) is 11.6 Å². The maximum Gasteiger partial charge on any atom is 0.240 e. The Morgan fingerprint density at radius 3 is 2.32 bits per heavy atom. The van der Waals surface area contributed by atoms with E-state index < -0.39 is 21.7 Å². The molecule has 1 aromatic carbocycles. The molecule has 0 amide bonds. The highest BCUT2D eigenvalue weighted by Gasteiger charge is 2.25. The normalized spacial score (nSPS) is 24.4. The molecule has 19 heavy (non-hydrogen) atoms. The van der Waals surface area contributed by atoms with Gasteiger partial charge in [0.25, 0.3) is 0 Å². The zero-order chi connectivity index (χ0) is 14.0. The van der Waals surface area contributed by atoms with E-state index in [0.717, 1.165) is 37.8 Å². The highest BCUT2D eigenvalue weighted by atomic mass is 79.9. The quantitative estimate of drug-likeness (QED) is 0.849. The third-order valence-electron chi connectivity index (χ3n) is 3.18. The van der Waals surface area contributed by atoms with Crippen molar-refractivity contribution in [2.45, 2.75) is 41.4 Å². The summed E-state index contributed by atoms with van der Waals surface area (Å²) in [6.45, 7) is 0. The van der Waals surface area contributed by atoms with Gasteiger partial charge in [-0.15, -0.1) is 0 Å². The minimum atomic E-state index is -3.79. The lowest BCUT2D eigenvalue weighted by atomic mass is 9.96. The summed E-state index contributed by atoms with van der Waals surface area (Å²) < 4.78 is 52.5. The van der Waals surface area contributed by atoms with E-state index in [-0.39, 0.29) is 10.9 Å². The third-order valence-corrected chi connectivity index (χ3v) is 5.61. The van der Waals surface area contributed by atoms with Gasteiger partial charge in [-0.1, -0.05) is 15.9 Å². The Hall–Kier alpha value is -0.530. The van der Waals surface area contributed by atoms with Crippen molar-refractivity contribution >= 4 is 26.0 Å². The van der Waals surface area contributed by atoms with Crippen LogP contribution < -0.4 is 4.72 Å². The van der Waals surface area contributed by atoms with Gasteiger partial charge >= 0.3 is 0 Å². The second kappa shape index (κ2) is 5.85. The van der Waals surface area contributed by atoms with Crippen molar-refractivity contribution in [1.29, 1.82) is 0 Å². The molecule has 0 saturated heterocycles. The first-order valence-electron chi connectivity index (χ1n) is 6.00. The number of hydrogen-bond donors (Lipinski definition) is 1. The van der Waals surface area contributed by atoms with Crippen molar-refractivity contribution in [2.24, 2.45) is 0 Å². The van der Waals surface area contributed by atoms with E-state index in [9.17, 15) is 17.2 Å². The van der Waals surface area contributed by atoms with Gasteiger partial charge in [-0.05, 0) is 43.9 Å². The largest absolute Gasteiger partial charge is 0.240 e. The lowest BCUT2D eigenvalue weighted by Crippen LogP contribution is -2.37. The first-order chi connectivity index (χ1) is 8.88. The van der Waals surface area contributed by atoms with E-state index in [1.54, 1.807) is 0 Å². The fraction of sp³-hybridized carbons (Fsp3) is 0.500. The SMILES string of the molecule is O=S(=O)(NC1CCC(Br)CC1)c1ccc(F)c(F)c1. The fourth-order valence-electron chi connectivity index (χ4n) is 2.10. The Morgan fingerprint density at radius 2 is 1.74 bits per heavy atom. The smallest absolute Gasteiger partial charge is 0.208 e. The number of halogens is 3. The molecule has 0 atom stereocenters. The van der Waals surface area contributed by atoms with Crippen molar-refractivity contribution in [2.75, 3.05) is 0 Å². The van der Waals surface area contributed by atoms with Crippen LogP contribution in [-0.2, 0) is 10.0 Å². The van der Waals surface area contributed by atoms with Gasteiger partial charge in [-0.3, -0.25) is 0 Å². The highest BCUT2D eigenvalue weighted by Crippen LogP contribution is 2.25. The molecule has 1 N–H and O–H groups in total. The predicted octanol–water partition coefficient (Wildman–Crippen LogP) is 2.95. The average Bonchev–Trinajstić information content (AvgIpc) is 2.35. The number of rotatable bonds is 3. The number of hydrogen-bond acceptors (Lipinski definition) is 2. The third kappa shape index (κ3) is 3.73. The van der Waals surface area contributed by atoms with Crippen LogP contribution in [0.2, 0.25) is 0 Å². The van der Waals surface area contributed by atoms with Crippen molar-refractivity contribution in [3.63, 3.8) is 0 Å². The average molecular weight is 354 g/mol. The van der Waals surface area contributed by atoms with Crippen LogP contribution >= 0.6 is 15.9 Å².